The van der Waals surface area contributed by atoms with Crippen LogP contribution in [0.1, 0.15) is 29.0 Å². The van der Waals surface area contributed by atoms with Crippen molar-refractivity contribution in [3.8, 4) is 0 Å². The Morgan fingerprint density at radius 3 is 3.04 bits per heavy atom. The van der Waals surface area contributed by atoms with Crippen LogP contribution >= 0.6 is 0 Å². The number of aromatic amines is 1. The molecule has 2 heterocycles. The van der Waals surface area contributed by atoms with Crippen molar-refractivity contribution >= 4 is 16.9 Å². The van der Waals surface area contributed by atoms with E-state index in [1.807, 2.05) is 0 Å². The van der Waals surface area contributed by atoms with Crippen LogP contribution in [0.3, 0.4) is 0 Å². The summed E-state index contributed by atoms with van der Waals surface area (Å²) < 4.78 is 18.9. The Morgan fingerprint density at radius 1 is 1.43 bits per heavy atom. The highest BCUT2D eigenvalue weighted by molar-refractivity contribution is 6.04. The smallest absolute Gasteiger partial charge is 0.255 e. The zero-order chi connectivity index (χ0) is 15.9. The molecular weight excluding hydrogens is 301 g/mol. The number of tetrazole rings is 1. The number of aromatic nitrogens is 4. The monoisotopic (exact) mass is 315 g/mol. The second-order valence-corrected chi connectivity index (χ2v) is 5.98. The fourth-order valence-corrected chi connectivity index (χ4v) is 2.76. The lowest BCUT2D eigenvalue weighted by atomic mass is 10.0. The maximum Gasteiger partial charge on any atom is 0.255 e. The number of carbonyl (C=O) groups is 1. The molecule has 2 N–H and O–H groups in total. The molecule has 1 fully saturated rings. The highest BCUT2D eigenvalue weighted by Gasteiger charge is 2.44. The number of carbonyl (C=O) groups excluding carboxylic acids is 1. The maximum atomic E-state index is 13.6. The van der Waals surface area contributed by atoms with Gasteiger partial charge in [-0.05, 0) is 36.5 Å². The molecule has 0 radical (unpaired) electrons. The molecule has 0 spiro atoms. The van der Waals surface area contributed by atoms with Crippen molar-refractivity contribution in [3.05, 3.63) is 41.7 Å². The van der Waals surface area contributed by atoms with Crippen LogP contribution in [-0.4, -0.2) is 33.1 Å². The van der Waals surface area contributed by atoms with Crippen LogP contribution in [0, 0.1) is 11.2 Å². The standard InChI is InChI=1S/C15H14FN5O2/c16-10-5-9-1-4-23-13(9)11(6-10)14(22)17-8-15(2-3-15)7-12-18-20-21-19-12/h1,4-6H,2-3,7-8H2,(H,17,22)(H,18,19,20,21). The summed E-state index contributed by atoms with van der Waals surface area (Å²) in [5.74, 6) is -0.170. The third-order valence-electron chi connectivity index (χ3n) is 4.26. The van der Waals surface area contributed by atoms with Gasteiger partial charge in [-0.2, -0.15) is 5.21 Å². The van der Waals surface area contributed by atoms with Gasteiger partial charge in [0.25, 0.3) is 5.91 Å². The van der Waals surface area contributed by atoms with Crippen molar-refractivity contribution in [1.82, 2.24) is 25.9 Å². The van der Waals surface area contributed by atoms with Crippen molar-refractivity contribution in [2.75, 3.05) is 6.54 Å². The van der Waals surface area contributed by atoms with E-state index < -0.39 is 5.82 Å². The Labute approximate surface area is 130 Å². The number of H-pyrrole nitrogens is 1. The third kappa shape index (κ3) is 2.67. The highest BCUT2D eigenvalue weighted by atomic mass is 19.1. The predicted octanol–water partition coefficient (Wildman–Crippen LogP) is 1.84. The van der Waals surface area contributed by atoms with Crippen molar-refractivity contribution < 1.29 is 13.6 Å². The van der Waals surface area contributed by atoms with Crippen LogP contribution in [0.25, 0.3) is 11.0 Å². The van der Waals surface area contributed by atoms with Crippen LogP contribution in [0.5, 0.6) is 0 Å². The quantitative estimate of drug-likeness (QED) is 0.749. The lowest BCUT2D eigenvalue weighted by Crippen LogP contribution is -2.31. The summed E-state index contributed by atoms with van der Waals surface area (Å²) in [7, 11) is 0. The minimum absolute atomic E-state index is 0.0326. The van der Waals surface area contributed by atoms with E-state index in [4.69, 9.17) is 4.42 Å². The fourth-order valence-electron chi connectivity index (χ4n) is 2.76. The first-order valence-electron chi connectivity index (χ1n) is 7.33. The molecule has 3 aromatic rings. The van der Waals surface area contributed by atoms with Gasteiger partial charge in [0.15, 0.2) is 5.82 Å². The number of benzene rings is 1. The van der Waals surface area contributed by atoms with Gasteiger partial charge < -0.3 is 9.73 Å². The Balaban J connectivity index is 1.48. The van der Waals surface area contributed by atoms with Gasteiger partial charge in [0.1, 0.15) is 11.4 Å². The van der Waals surface area contributed by atoms with Gasteiger partial charge in [0.2, 0.25) is 0 Å². The number of rotatable bonds is 5. The highest BCUT2D eigenvalue weighted by Crippen LogP contribution is 2.47. The molecule has 1 aromatic carbocycles. The Hall–Kier alpha value is -2.77. The minimum atomic E-state index is -0.461. The summed E-state index contributed by atoms with van der Waals surface area (Å²) in [6, 6.07) is 4.17. The molecule has 0 atom stereocenters. The van der Waals surface area contributed by atoms with Gasteiger partial charge in [0, 0.05) is 18.4 Å². The second kappa shape index (κ2) is 5.15. The van der Waals surface area contributed by atoms with Crippen molar-refractivity contribution in [3.63, 3.8) is 0 Å². The number of hydrogen-bond acceptors (Lipinski definition) is 5. The molecule has 0 aliphatic heterocycles. The van der Waals surface area contributed by atoms with E-state index in [1.54, 1.807) is 6.07 Å². The molecule has 0 unspecified atom stereocenters. The lowest BCUT2D eigenvalue weighted by molar-refractivity contribution is 0.0944. The Morgan fingerprint density at radius 2 is 2.30 bits per heavy atom. The molecular formula is C15H14FN5O2. The van der Waals surface area contributed by atoms with Gasteiger partial charge in [0.05, 0.1) is 11.8 Å². The molecule has 4 rings (SSSR count). The Bertz CT molecular complexity index is 854. The summed E-state index contributed by atoms with van der Waals surface area (Å²) in [5, 5.41) is 17.3. The molecule has 1 saturated carbocycles. The summed E-state index contributed by atoms with van der Waals surface area (Å²) in [6.45, 7) is 0.485. The van der Waals surface area contributed by atoms with E-state index in [2.05, 4.69) is 25.9 Å². The summed E-state index contributed by atoms with van der Waals surface area (Å²) in [4.78, 5) is 12.4. The van der Waals surface area contributed by atoms with Gasteiger partial charge in [-0.1, -0.05) is 5.21 Å². The van der Waals surface area contributed by atoms with Gasteiger partial charge in [-0.3, -0.25) is 4.79 Å². The molecule has 1 amide bonds. The first-order valence-corrected chi connectivity index (χ1v) is 7.33. The largest absolute Gasteiger partial charge is 0.464 e. The number of halogens is 1. The van der Waals surface area contributed by atoms with Crippen molar-refractivity contribution in [2.45, 2.75) is 19.3 Å². The average Bonchev–Trinajstić information content (AvgIpc) is 2.91. The Kier molecular flexibility index (Phi) is 3.10. The fraction of sp³-hybridized carbons (Fsp3) is 0.333. The lowest BCUT2D eigenvalue weighted by Gasteiger charge is -2.14. The zero-order valence-corrected chi connectivity index (χ0v) is 12.2. The van der Waals surface area contributed by atoms with Crippen LogP contribution in [0.4, 0.5) is 4.39 Å². The van der Waals surface area contributed by atoms with Crippen LogP contribution in [0.15, 0.2) is 28.9 Å². The van der Waals surface area contributed by atoms with E-state index >= 15 is 0 Å². The van der Waals surface area contributed by atoms with Crippen LogP contribution < -0.4 is 5.32 Å². The number of nitrogens with zero attached hydrogens (tertiary/aromatic N) is 3. The first kappa shape index (κ1) is 13.9. The average molecular weight is 315 g/mol. The number of hydrogen-bond donors (Lipinski definition) is 2. The summed E-state index contributed by atoms with van der Waals surface area (Å²) in [5.41, 5.74) is 0.571. The molecule has 118 valence electrons. The van der Waals surface area contributed by atoms with E-state index in [9.17, 15) is 9.18 Å². The molecule has 2 aromatic heterocycles. The molecule has 1 aliphatic rings. The predicted molar refractivity (Wildman–Crippen MR) is 78.1 cm³/mol. The molecule has 23 heavy (non-hydrogen) atoms. The molecule has 0 saturated heterocycles. The number of fused-ring (bicyclic) bond motifs is 1. The van der Waals surface area contributed by atoms with E-state index in [0.29, 0.717) is 29.8 Å². The SMILES string of the molecule is O=C(NCC1(Cc2nn[nH]n2)CC1)c1cc(F)cc2ccoc12. The third-order valence-corrected chi connectivity index (χ3v) is 4.26. The van der Waals surface area contributed by atoms with E-state index in [-0.39, 0.29) is 16.9 Å². The minimum Gasteiger partial charge on any atom is -0.464 e. The molecule has 7 nitrogen and oxygen atoms in total. The van der Waals surface area contributed by atoms with Crippen molar-refractivity contribution in [2.24, 2.45) is 5.41 Å². The summed E-state index contributed by atoms with van der Waals surface area (Å²) in [6.07, 6.45) is 4.07. The molecule has 8 heteroatoms. The number of amides is 1. The van der Waals surface area contributed by atoms with Crippen LogP contribution in [-0.2, 0) is 6.42 Å². The van der Waals surface area contributed by atoms with E-state index in [0.717, 1.165) is 12.8 Å². The topological polar surface area (TPSA) is 96.7 Å². The second-order valence-electron chi connectivity index (χ2n) is 5.98. The van der Waals surface area contributed by atoms with Crippen LogP contribution in [0.2, 0.25) is 0 Å². The van der Waals surface area contributed by atoms with E-state index in [1.165, 1.54) is 18.4 Å². The normalized spacial score (nSPS) is 15.7. The number of furan rings is 1. The molecule has 1 aliphatic carbocycles. The van der Waals surface area contributed by atoms with Crippen molar-refractivity contribution in [1.29, 1.82) is 0 Å². The van der Waals surface area contributed by atoms with Gasteiger partial charge in [-0.15, -0.1) is 10.2 Å². The maximum absolute atomic E-state index is 13.6. The molecule has 0 bridgehead atoms. The van der Waals surface area contributed by atoms with Gasteiger partial charge >= 0.3 is 0 Å². The zero-order valence-electron chi connectivity index (χ0n) is 12.2. The number of nitrogens with one attached hydrogen (secondary N) is 2. The summed E-state index contributed by atoms with van der Waals surface area (Å²) >= 11 is 0. The van der Waals surface area contributed by atoms with Gasteiger partial charge in [-0.25, -0.2) is 4.39 Å². The first-order chi connectivity index (χ1) is 11.2.